The van der Waals surface area contributed by atoms with Gasteiger partial charge >= 0.3 is 0 Å². The van der Waals surface area contributed by atoms with Gasteiger partial charge in [-0.1, -0.05) is 11.6 Å². The lowest BCUT2D eigenvalue weighted by Crippen LogP contribution is -2.03. The van der Waals surface area contributed by atoms with Crippen LogP contribution >= 0.6 is 23.8 Å². The van der Waals surface area contributed by atoms with Gasteiger partial charge in [-0.05, 0) is 30.4 Å². The van der Waals surface area contributed by atoms with E-state index >= 15 is 0 Å². The highest BCUT2D eigenvalue weighted by molar-refractivity contribution is 7.71. The van der Waals surface area contributed by atoms with Crippen LogP contribution in [-0.4, -0.2) is 23.3 Å². The third-order valence-electron chi connectivity index (χ3n) is 2.26. The van der Waals surface area contributed by atoms with Crippen molar-refractivity contribution in [3.8, 4) is 0 Å². The summed E-state index contributed by atoms with van der Waals surface area (Å²) >= 11 is 11.2. The van der Waals surface area contributed by atoms with Gasteiger partial charge in [-0.3, -0.25) is 0 Å². The number of imidazole rings is 1. The maximum absolute atomic E-state index is 5.94. The van der Waals surface area contributed by atoms with E-state index < -0.39 is 0 Å². The summed E-state index contributed by atoms with van der Waals surface area (Å²) in [4.78, 5) is 3.13. The Bertz CT molecular complexity index is 532. The highest BCUT2D eigenvalue weighted by atomic mass is 35.5. The summed E-state index contributed by atoms with van der Waals surface area (Å²) in [6.07, 6.45) is 0. The second-order valence-corrected chi connectivity index (χ2v) is 4.06. The maximum Gasteiger partial charge on any atom is 0.178 e. The number of ether oxygens (including phenoxy) is 1. The van der Waals surface area contributed by atoms with Crippen molar-refractivity contribution < 1.29 is 4.74 Å². The molecule has 1 aromatic heterocycles. The number of hydrogen-bond donors (Lipinski definition) is 1. The van der Waals surface area contributed by atoms with Gasteiger partial charge in [0.25, 0.3) is 0 Å². The Balaban J connectivity index is 2.55. The molecule has 15 heavy (non-hydrogen) atoms. The van der Waals surface area contributed by atoms with Crippen LogP contribution in [0.3, 0.4) is 0 Å². The number of benzene rings is 1. The number of rotatable bonds is 3. The van der Waals surface area contributed by atoms with Gasteiger partial charge in [0.2, 0.25) is 0 Å². The zero-order valence-corrected chi connectivity index (χ0v) is 9.86. The van der Waals surface area contributed by atoms with Crippen molar-refractivity contribution in [2.45, 2.75) is 6.54 Å². The number of aromatic amines is 1. The van der Waals surface area contributed by atoms with Crippen molar-refractivity contribution in [2.75, 3.05) is 13.7 Å². The number of nitrogens with zero attached hydrogens (tertiary/aromatic N) is 1. The Morgan fingerprint density at radius 2 is 2.33 bits per heavy atom. The summed E-state index contributed by atoms with van der Waals surface area (Å²) in [5, 5.41) is 0.711. The Hall–Kier alpha value is -0.840. The third-order valence-corrected chi connectivity index (χ3v) is 2.81. The van der Waals surface area contributed by atoms with Gasteiger partial charge < -0.3 is 14.3 Å². The highest BCUT2D eigenvalue weighted by Gasteiger charge is 2.04. The first kappa shape index (κ1) is 10.7. The lowest BCUT2D eigenvalue weighted by molar-refractivity contribution is 0.188. The fourth-order valence-corrected chi connectivity index (χ4v) is 2.00. The molecule has 0 amide bonds. The number of aromatic nitrogens is 2. The second kappa shape index (κ2) is 4.35. The zero-order chi connectivity index (χ0) is 10.8. The smallest absolute Gasteiger partial charge is 0.178 e. The van der Waals surface area contributed by atoms with Gasteiger partial charge in [0.05, 0.1) is 17.6 Å². The first-order valence-electron chi connectivity index (χ1n) is 4.59. The largest absolute Gasteiger partial charge is 0.383 e. The van der Waals surface area contributed by atoms with Gasteiger partial charge in [0.15, 0.2) is 4.77 Å². The number of hydrogen-bond acceptors (Lipinski definition) is 2. The first-order valence-corrected chi connectivity index (χ1v) is 5.38. The Kier molecular flexibility index (Phi) is 3.09. The molecule has 0 unspecified atom stereocenters. The van der Waals surface area contributed by atoms with Crippen LogP contribution in [0.5, 0.6) is 0 Å². The van der Waals surface area contributed by atoms with E-state index in [-0.39, 0.29) is 0 Å². The molecular formula is C10H11ClN2OS. The lowest BCUT2D eigenvalue weighted by atomic mass is 10.3. The minimum absolute atomic E-state index is 0.633. The monoisotopic (exact) mass is 242 g/mol. The normalized spacial score (nSPS) is 11.1. The van der Waals surface area contributed by atoms with E-state index in [2.05, 4.69) is 4.98 Å². The fourth-order valence-electron chi connectivity index (χ4n) is 1.53. The van der Waals surface area contributed by atoms with Crippen LogP contribution in [0, 0.1) is 4.77 Å². The topological polar surface area (TPSA) is 29.9 Å². The average molecular weight is 243 g/mol. The van der Waals surface area contributed by atoms with Crippen molar-refractivity contribution in [3.63, 3.8) is 0 Å². The molecule has 1 aromatic carbocycles. The molecule has 1 heterocycles. The molecule has 0 saturated carbocycles. The Labute approximate surface area is 97.6 Å². The van der Waals surface area contributed by atoms with E-state index in [0.29, 0.717) is 16.4 Å². The molecule has 2 aromatic rings. The van der Waals surface area contributed by atoms with E-state index in [1.54, 1.807) is 7.11 Å². The van der Waals surface area contributed by atoms with Crippen LogP contribution in [0.25, 0.3) is 11.0 Å². The summed E-state index contributed by atoms with van der Waals surface area (Å²) in [5.41, 5.74) is 2.02. The summed E-state index contributed by atoms with van der Waals surface area (Å²) in [6.45, 7) is 1.36. The molecule has 3 nitrogen and oxygen atoms in total. The van der Waals surface area contributed by atoms with Gasteiger partial charge in [-0.25, -0.2) is 0 Å². The summed E-state index contributed by atoms with van der Waals surface area (Å²) < 4.78 is 7.72. The van der Waals surface area contributed by atoms with Crippen molar-refractivity contribution in [1.82, 2.24) is 9.55 Å². The number of halogens is 1. The van der Waals surface area contributed by atoms with Crippen LogP contribution in [-0.2, 0) is 11.3 Å². The predicted octanol–water partition coefficient (Wildman–Crippen LogP) is 3.00. The summed E-state index contributed by atoms with van der Waals surface area (Å²) in [7, 11) is 1.67. The molecule has 0 fully saturated rings. The summed E-state index contributed by atoms with van der Waals surface area (Å²) in [5.74, 6) is 0. The Morgan fingerprint density at radius 3 is 3.07 bits per heavy atom. The predicted molar refractivity (Wildman–Crippen MR) is 64.0 cm³/mol. The van der Waals surface area contributed by atoms with Crippen LogP contribution in [0.15, 0.2) is 18.2 Å². The molecular weight excluding hydrogens is 232 g/mol. The molecule has 0 aliphatic carbocycles. The molecule has 0 spiro atoms. The molecule has 0 bridgehead atoms. The number of fused-ring (bicyclic) bond motifs is 1. The van der Waals surface area contributed by atoms with E-state index in [1.165, 1.54) is 0 Å². The SMILES string of the molecule is COCCn1c(=S)[nH]c2ccc(Cl)cc21. The van der Waals surface area contributed by atoms with Crippen molar-refractivity contribution >= 4 is 34.9 Å². The van der Waals surface area contributed by atoms with E-state index in [0.717, 1.165) is 17.6 Å². The Morgan fingerprint density at radius 1 is 1.53 bits per heavy atom. The molecule has 0 aliphatic rings. The van der Waals surface area contributed by atoms with E-state index in [4.69, 9.17) is 28.6 Å². The minimum atomic E-state index is 0.633. The fraction of sp³-hybridized carbons (Fsp3) is 0.300. The van der Waals surface area contributed by atoms with Crippen LogP contribution in [0.1, 0.15) is 0 Å². The molecule has 1 N–H and O–H groups in total. The zero-order valence-electron chi connectivity index (χ0n) is 8.29. The molecule has 2 rings (SSSR count). The maximum atomic E-state index is 5.94. The van der Waals surface area contributed by atoms with Gasteiger partial charge in [0.1, 0.15) is 0 Å². The molecule has 5 heteroatoms. The third kappa shape index (κ3) is 2.07. The number of H-pyrrole nitrogens is 1. The molecule has 0 aliphatic heterocycles. The number of nitrogens with one attached hydrogen (secondary N) is 1. The van der Waals surface area contributed by atoms with Crippen LogP contribution in [0.4, 0.5) is 0 Å². The van der Waals surface area contributed by atoms with Crippen LogP contribution in [0.2, 0.25) is 5.02 Å². The molecule has 0 radical (unpaired) electrons. The van der Waals surface area contributed by atoms with Gasteiger partial charge in [-0.15, -0.1) is 0 Å². The molecule has 80 valence electrons. The first-order chi connectivity index (χ1) is 7.22. The summed E-state index contributed by atoms with van der Waals surface area (Å²) in [6, 6.07) is 5.67. The van der Waals surface area contributed by atoms with Gasteiger partial charge in [-0.2, -0.15) is 0 Å². The van der Waals surface area contributed by atoms with Crippen molar-refractivity contribution in [1.29, 1.82) is 0 Å². The quantitative estimate of drug-likeness (QED) is 0.839. The van der Waals surface area contributed by atoms with Gasteiger partial charge in [0, 0.05) is 18.7 Å². The van der Waals surface area contributed by atoms with E-state index in [1.807, 2.05) is 22.8 Å². The standard InChI is InChI=1S/C10H11ClN2OS/c1-14-5-4-13-9-6-7(11)2-3-8(9)12-10(13)15/h2-3,6H,4-5H2,1H3,(H,12,15). The minimum Gasteiger partial charge on any atom is -0.383 e. The average Bonchev–Trinajstić information content (AvgIpc) is 2.51. The van der Waals surface area contributed by atoms with Crippen LogP contribution < -0.4 is 0 Å². The van der Waals surface area contributed by atoms with Crippen molar-refractivity contribution in [3.05, 3.63) is 28.0 Å². The highest BCUT2D eigenvalue weighted by Crippen LogP contribution is 2.19. The second-order valence-electron chi connectivity index (χ2n) is 3.24. The van der Waals surface area contributed by atoms with Crippen molar-refractivity contribution in [2.24, 2.45) is 0 Å². The van der Waals surface area contributed by atoms with E-state index in [9.17, 15) is 0 Å². The molecule has 0 saturated heterocycles. The molecule has 0 atom stereocenters. The lowest BCUT2D eigenvalue weighted by Gasteiger charge is -2.03. The number of methoxy groups -OCH3 is 1.